The Morgan fingerprint density at radius 1 is 0.298 bits per heavy atom. The Labute approximate surface area is 276 Å². The van der Waals surface area contributed by atoms with Crippen LogP contribution in [0.15, 0.2) is 164 Å². The van der Waals surface area contributed by atoms with Gasteiger partial charge in [-0.25, -0.2) is 15.0 Å². The number of hydrogen-bond acceptors (Lipinski definition) is 4. The van der Waals surface area contributed by atoms with E-state index in [0.717, 1.165) is 33.2 Å². The van der Waals surface area contributed by atoms with Gasteiger partial charge in [0.15, 0.2) is 17.5 Å². The molecule has 0 saturated carbocycles. The van der Waals surface area contributed by atoms with Crippen molar-refractivity contribution in [3.05, 3.63) is 164 Å². The summed E-state index contributed by atoms with van der Waals surface area (Å²) >= 11 is 1.85. The van der Waals surface area contributed by atoms with Crippen LogP contribution < -0.4 is 0 Å². The molecule has 0 spiro atoms. The normalized spacial score (nSPS) is 11.4. The van der Waals surface area contributed by atoms with Crippen LogP contribution in [0.4, 0.5) is 0 Å². The molecule has 0 fully saturated rings. The lowest BCUT2D eigenvalue weighted by Crippen LogP contribution is -2.01. The molecular weight excluding hydrogens is 591 g/mol. The number of rotatable bonds is 5. The average Bonchev–Trinajstić information content (AvgIpc) is 3.53. The highest BCUT2D eigenvalue weighted by Gasteiger charge is 2.17. The van der Waals surface area contributed by atoms with Crippen molar-refractivity contribution in [3.8, 4) is 56.4 Å². The Morgan fingerprint density at radius 2 is 0.851 bits per heavy atom. The fraction of sp³-hybridized carbons (Fsp3) is 0. The van der Waals surface area contributed by atoms with Crippen molar-refractivity contribution >= 4 is 42.3 Å². The Morgan fingerprint density at radius 3 is 1.64 bits per heavy atom. The zero-order valence-electron chi connectivity index (χ0n) is 25.3. The molecule has 9 aromatic rings. The van der Waals surface area contributed by atoms with Gasteiger partial charge in [-0.05, 0) is 57.3 Å². The van der Waals surface area contributed by atoms with Crippen LogP contribution in [0.25, 0.3) is 87.4 Å². The molecule has 0 radical (unpaired) electrons. The summed E-state index contributed by atoms with van der Waals surface area (Å²) in [6.07, 6.45) is 0. The third kappa shape index (κ3) is 4.96. The molecule has 0 N–H and O–H groups in total. The lowest BCUT2D eigenvalue weighted by Gasteiger charge is -2.13. The summed E-state index contributed by atoms with van der Waals surface area (Å²) in [6.45, 7) is 0. The lowest BCUT2D eigenvalue weighted by molar-refractivity contribution is 1.08. The average molecular weight is 618 g/mol. The molecule has 0 aliphatic rings. The van der Waals surface area contributed by atoms with Crippen LogP contribution in [0, 0.1) is 0 Å². The van der Waals surface area contributed by atoms with Gasteiger partial charge in [-0.1, -0.05) is 140 Å². The second-order valence-corrected chi connectivity index (χ2v) is 12.7. The fourth-order valence-electron chi connectivity index (χ4n) is 6.45. The number of fused-ring (bicyclic) bond motifs is 4. The van der Waals surface area contributed by atoms with Gasteiger partial charge in [0.1, 0.15) is 0 Å². The largest absolute Gasteiger partial charge is 0.208 e. The highest BCUT2D eigenvalue weighted by molar-refractivity contribution is 7.25. The molecule has 7 aromatic carbocycles. The zero-order chi connectivity index (χ0) is 31.2. The third-order valence-corrected chi connectivity index (χ3v) is 9.88. The van der Waals surface area contributed by atoms with Gasteiger partial charge in [0, 0.05) is 36.9 Å². The number of hydrogen-bond donors (Lipinski definition) is 0. The molecule has 2 aromatic heterocycles. The molecule has 47 heavy (non-hydrogen) atoms. The Bertz CT molecular complexity index is 2570. The van der Waals surface area contributed by atoms with E-state index in [9.17, 15) is 0 Å². The predicted molar refractivity (Wildman–Crippen MR) is 197 cm³/mol. The first-order valence-corrected chi connectivity index (χ1v) is 16.5. The summed E-state index contributed by atoms with van der Waals surface area (Å²) < 4.78 is 2.61. The molecule has 0 saturated heterocycles. The second kappa shape index (κ2) is 11.4. The summed E-state index contributed by atoms with van der Waals surface area (Å²) in [5.74, 6) is 1.95. The van der Waals surface area contributed by atoms with Gasteiger partial charge in [0.2, 0.25) is 0 Å². The van der Waals surface area contributed by atoms with Crippen molar-refractivity contribution in [2.45, 2.75) is 0 Å². The van der Waals surface area contributed by atoms with Crippen LogP contribution in [0.2, 0.25) is 0 Å². The van der Waals surface area contributed by atoms with Crippen molar-refractivity contribution in [2.24, 2.45) is 0 Å². The third-order valence-electron chi connectivity index (χ3n) is 8.75. The SMILES string of the molecule is c1ccc(-c2cccc(-c3nc(-c4ccccc4)nc(-c4ccc(-c5ccc6c(c5)sc5ccccc56)c5ccccc45)n3)c2)cc1. The number of aromatic nitrogens is 3. The minimum atomic E-state index is 0.648. The summed E-state index contributed by atoms with van der Waals surface area (Å²) in [7, 11) is 0. The van der Waals surface area contributed by atoms with Crippen LogP contribution in [-0.4, -0.2) is 15.0 Å². The molecule has 0 atom stereocenters. The van der Waals surface area contributed by atoms with Crippen LogP contribution in [0.5, 0.6) is 0 Å². The van der Waals surface area contributed by atoms with E-state index in [1.54, 1.807) is 0 Å². The van der Waals surface area contributed by atoms with Crippen LogP contribution in [0.3, 0.4) is 0 Å². The molecule has 2 heterocycles. The maximum atomic E-state index is 5.13. The number of benzene rings is 7. The van der Waals surface area contributed by atoms with Crippen molar-refractivity contribution in [3.63, 3.8) is 0 Å². The first-order valence-electron chi connectivity index (χ1n) is 15.7. The molecule has 0 aliphatic carbocycles. The highest BCUT2D eigenvalue weighted by atomic mass is 32.1. The molecule has 0 bridgehead atoms. The van der Waals surface area contributed by atoms with Gasteiger partial charge < -0.3 is 0 Å². The lowest BCUT2D eigenvalue weighted by atomic mass is 9.94. The monoisotopic (exact) mass is 617 g/mol. The van der Waals surface area contributed by atoms with Gasteiger partial charge in [-0.2, -0.15) is 0 Å². The maximum Gasteiger partial charge on any atom is 0.164 e. The quantitative estimate of drug-likeness (QED) is 0.193. The van der Waals surface area contributed by atoms with Crippen molar-refractivity contribution in [2.75, 3.05) is 0 Å². The fourth-order valence-corrected chi connectivity index (χ4v) is 7.59. The van der Waals surface area contributed by atoms with Crippen molar-refractivity contribution in [1.29, 1.82) is 0 Å². The summed E-state index contributed by atoms with van der Waals surface area (Å²) in [6, 6.07) is 57.4. The molecule has 0 unspecified atom stereocenters. The molecule has 9 rings (SSSR count). The maximum absolute atomic E-state index is 5.13. The predicted octanol–water partition coefficient (Wildman–Crippen LogP) is 11.7. The summed E-state index contributed by atoms with van der Waals surface area (Å²) in [5.41, 5.74) is 7.55. The van der Waals surface area contributed by atoms with E-state index in [4.69, 9.17) is 15.0 Å². The van der Waals surface area contributed by atoms with E-state index in [1.807, 2.05) is 35.6 Å². The topological polar surface area (TPSA) is 38.7 Å². The second-order valence-electron chi connectivity index (χ2n) is 11.6. The van der Waals surface area contributed by atoms with Crippen LogP contribution in [0.1, 0.15) is 0 Å². The number of thiophene rings is 1. The van der Waals surface area contributed by atoms with Crippen molar-refractivity contribution in [1.82, 2.24) is 15.0 Å². The molecular formula is C43H27N3S. The zero-order valence-corrected chi connectivity index (χ0v) is 26.2. The first-order chi connectivity index (χ1) is 23.3. The Hall–Kier alpha value is -5.97. The van der Waals surface area contributed by atoms with E-state index < -0.39 is 0 Å². The molecule has 3 nitrogen and oxygen atoms in total. The van der Waals surface area contributed by atoms with E-state index in [2.05, 4.69) is 140 Å². The summed E-state index contributed by atoms with van der Waals surface area (Å²) in [5, 5.41) is 4.89. The Kier molecular flexibility index (Phi) is 6.65. The first kappa shape index (κ1) is 27.3. The molecule has 220 valence electrons. The molecule has 0 aliphatic heterocycles. The van der Waals surface area contributed by atoms with E-state index >= 15 is 0 Å². The summed E-state index contributed by atoms with van der Waals surface area (Å²) in [4.78, 5) is 15.2. The highest BCUT2D eigenvalue weighted by Crippen LogP contribution is 2.40. The van der Waals surface area contributed by atoms with E-state index in [1.165, 1.54) is 36.7 Å². The van der Waals surface area contributed by atoms with E-state index in [-0.39, 0.29) is 0 Å². The minimum Gasteiger partial charge on any atom is -0.208 e. The van der Waals surface area contributed by atoms with Gasteiger partial charge in [-0.15, -0.1) is 11.3 Å². The standard InChI is InChI=1S/C43H27N3S/c1-3-12-28(13-4-1)30-16-11-17-32(26-30)42-44-41(29-14-5-2-6-15-29)45-43(46-42)38-25-24-33(34-18-7-8-19-35(34)38)31-22-23-37-36-20-9-10-21-39(36)47-40(37)27-31/h1-27H. The minimum absolute atomic E-state index is 0.648. The van der Waals surface area contributed by atoms with Crippen molar-refractivity contribution < 1.29 is 0 Å². The van der Waals surface area contributed by atoms with Gasteiger partial charge >= 0.3 is 0 Å². The van der Waals surface area contributed by atoms with Gasteiger partial charge in [0.05, 0.1) is 0 Å². The molecule has 0 amide bonds. The van der Waals surface area contributed by atoms with Crippen LogP contribution in [-0.2, 0) is 0 Å². The van der Waals surface area contributed by atoms with Crippen LogP contribution >= 0.6 is 11.3 Å². The van der Waals surface area contributed by atoms with Gasteiger partial charge in [-0.3, -0.25) is 0 Å². The Balaban J connectivity index is 1.21. The number of nitrogens with zero attached hydrogens (tertiary/aromatic N) is 3. The van der Waals surface area contributed by atoms with E-state index in [0.29, 0.717) is 17.5 Å². The molecule has 4 heteroatoms. The van der Waals surface area contributed by atoms with Gasteiger partial charge in [0.25, 0.3) is 0 Å². The smallest absolute Gasteiger partial charge is 0.164 e.